The second-order valence-corrected chi connectivity index (χ2v) is 4.22. The first-order valence-corrected chi connectivity index (χ1v) is 4.29. The van der Waals surface area contributed by atoms with Crippen LogP contribution >= 0.6 is 0 Å². The second-order valence-electron chi connectivity index (χ2n) is 4.22. The molecule has 0 saturated heterocycles. The molecule has 0 rings (SSSR count). The molecule has 0 radical (unpaired) electrons. The van der Waals surface area contributed by atoms with Crippen LogP contribution in [0.5, 0.6) is 0 Å². The molecule has 0 amide bonds. The molecule has 0 heterocycles. The normalized spacial score (nSPS) is 11.5. The predicted octanol–water partition coefficient (Wildman–Crippen LogP) is 3.26. The largest absolute Gasteiger partial charge is 0.478 e. The van der Waals surface area contributed by atoms with Gasteiger partial charge in [-0.15, -0.1) is 0 Å². The highest BCUT2D eigenvalue weighted by molar-refractivity contribution is 5.80. The van der Waals surface area contributed by atoms with Gasteiger partial charge in [-0.2, -0.15) is 0 Å². The zero-order valence-corrected chi connectivity index (χ0v) is 9.16. The molecule has 13 heavy (non-hydrogen) atoms. The van der Waals surface area contributed by atoms with E-state index in [1.54, 1.807) is 12.2 Å². The Morgan fingerprint density at radius 1 is 1.15 bits per heavy atom. The van der Waals surface area contributed by atoms with Crippen LogP contribution < -0.4 is 0 Å². The summed E-state index contributed by atoms with van der Waals surface area (Å²) in [6.45, 7) is 10.6. The van der Waals surface area contributed by atoms with E-state index in [1.165, 1.54) is 6.08 Å². The van der Waals surface area contributed by atoms with Crippen LogP contribution in [0.25, 0.3) is 0 Å². The molecular weight excluding hydrogens is 164 g/mol. The van der Waals surface area contributed by atoms with Crippen molar-refractivity contribution in [2.45, 2.75) is 34.6 Å². The van der Waals surface area contributed by atoms with Gasteiger partial charge in [-0.05, 0) is 12.3 Å². The summed E-state index contributed by atoms with van der Waals surface area (Å²) in [4.78, 5) is 9.75. The molecule has 0 spiro atoms. The maximum Gasteiger partial charge on any atom is 0.328 e. The number of allylic oxidation sites excluding steroid dienone is 3. The summed E-state index contributed by atoms with van der Waals surface area (Å²) in [6, 6.07) is 0. The molecule has 0 aliphatic rings. The second kappa shape index (κ2) is 7.59. The Bertz CT molecular complexity index is 177. The lowest BCUT2D eigenvalue weighted by Crippen LogP contribution is -1.93. The van der Waals surface area contributed by atoms with Crippen LogP contribution in [-0.2, 0) is 4.79 Å². The third kappa shape index (κ3) is 56.2. The minimum atomic E-state index is -0.914. The zero-order valence-electron chi connectivity index (χ0n) is 9.16. The third-order valence-corrected chi connectivity index (χ3v) is 0.542. The summed E-state index contributed by atoms with van der Waals surface area (Å²) in [6.07, 6.45) is 5.98. The number of carbonyl (C=O) groups is 1. The van der Waals surface area contributed by atoms with Crippen molar-refractivity contribution in [1.82, 2.24) is 0 Å². The van der Waals surface area contributed by atoms with Gasteiger partial charge in [0.2, 0.25) is 0 Å². The quantitative estimate of drug-likeness (QED) is 0.528. The standard InChI is InChI=1S/C6H8O2.C5H12/c1-2-3-4-5-6(7)8;1-5(2,3)4/h2-5H,1H3,(H,7,8);1-4H3/b3-2+,5-4+;. The number of hydrogen-bond donors (Lipinski definition) is 1. The molecule has 0 aromatic carbocycles. The van der Waals surface area contributed by atoms with Gasteiger partial charge < -0.3 is 5.11 Å². The van der Waals surface area contributed by atoms with Crippen LogP contribution in [0, 0.1) is 5.41 Å². The molecular formula is C11H20O2. The van der Waals surface area contributed by atoms with E-state index in [1.807, 2.05) is 6.92 Å². The Kier molecular flexibility index (Phi) is 8.45. The summed E-state index contributed by atoms with van der Waals surface area (Å²) in [7, 11) is 0. The summed E-state index contributed by atoms with van der Waals surface area (Å²) < 4.78 is 0. The molecule has 0 unspecified atom stereocenters. The highest BCUT2D eigenvalue weighted by Crippen LogP contribution is 2.07. The molecule has 76 valence electrons. The van der Waals surface area contributed by atoms with Gasteiger partial charge >= 0.3 is 5.97 Å². The van der Waals surface area contributed by atoms with Crippen molar-refractivity contribution in [3.05, 3.63) is 24.3 Å². The molecule has 0 saturated carbocycles. The Balaban J connectivity index is 0. The van der Waals surface area contributed by atoms with Gasteiger partial charge in [0.1, 0.15) is 0 Å². The fraction of sp³-hybridized carbons (Fsp3) is 0.545. The molecule has 0 aromatic rings. The SMILES string of the molecule is C/C=C/C=C/C(=O)O.CC(C)(C)C. The molecule has 0 bridgehead atoms. The fourth-order valence-electron chi connectivity index (χ4n) is 0.249. The van der Waals surface area contributed by atoms with Crippen LogP contribution in [0.3, 0.4) is 0 Å². The maximum atomic E-state index is 9.75. The van der Waals surface area contributed by atoms with Gasteiger partial charge in [0.15, 0.2) is 0 Å². The number of hydrogen-bond acceptors (Lipinski definition) is 1. The van der Waals surface area contributed by atoms with Gasteiger partial charge in [0, 0.05) is 6.08 Å². The number of carboxylic acid groups (broad SMARTS) is 1. The maximum absolute atomic E-state index is 9.75. The van der Waals surface area contributed by atoms with Crippen LogP contribution in [0.4, 0.5) is 0 Å². The Morgan fingerprint density at radius 2 is 1.54 bits per heavy atom. The summed E-state index contributed by atoms with van der Waals surface area (Å²) >= 11 is 0. The molecule has 2 nitrogen and oxygen atoms in total. The molecule has 2 heteroatoms. The smallest absolute Gasteiger partial charge is 0.328 e. The molecule has 0 aliphatic heterocycles. The van der Waals surface area contributed by atoms with E-state index in [2.05, 4.69) is 27.7 Å². The molecule has 0 atom stereocenters. The van der Waals surface area contributed by atoms with Crippen molar-refractivity contribution in [3.8, 4) is 0 Å². The molecule has 1 N–H and O–H groups in total. The van der Waals surface area contributed by atoms with Crippen molar-refractivity contribution >= 4 is 5.97 Å². The van der Waals surface area contributed by atoms with Gasteiger partial charge in [-0.25, -0.2) is 4.79 Å². The van der Waals surface area contributed by atoms with E-state index >= 15 is 0 Å². The Morgan fingerprint density at radius 3 is 1.77 bits per heavy atom. The molecule has 0 fully saturated rings. The lowest BCUT2D eigenvalue weighted by atomic mass is 10.0. The van der Waals surface area contributed by atoms with Crippen LogP contribution in [0.15, 0.2) is 24.3 Å². The van der Waals surface area contributed by atoms with E-state index in [-0.39, 0.29) is 0 Å². The lowest BCUT2D eigenvalue weighted by Gasteiger charge is -2.05. The monoisotopic (exact) mass is 184 g/mol. The fourth-order valence-corrected chi connectivity index (χ4v) is 0.249. The first-order chi connectivity index (χ1) is 5.77. The zero-order chi connectivity index (χ0) is 10.9. The van der Waals surface area contributed by atoms with Crippen molar-refractivity contribution in [2.75, 3.05) is 0 Å². The number of carboxylic acids is 1. The lowest BCUT2D eigenvalue weighted by molar-refractivity contribution is -0.131. The summed E-state index contributed by atoms with van der Waals surface area (Å²) in [5.74, 6) is -0.914. The molecule has 0 aliphatic carbocycles. The Hall–Kier alpha value is -1.05. The number of rotatable bonds is 2. The predicted molar refractivity (Wildman–Crippen MR) is 56.7 cm³/mol. The van der Waals surface area contributed by atoms with Crippen LogP contribution in [-0.4, -0.2) is 11.1 Å². The summed E-state index contributed by atoms with van der Waals surface area (Å²) in [5.41, 5.74) is 0.500. The van der Waals surface area contributed by atoms with Crippen LogP contribution in [0.1, 0.15) is 34.6 Å². The van der Waals surface area contributed by atoms with Gasteiger partial charge in [-0.1, -0.05) is 45.9 Å². The Labute approximate surface area is 81.0 Å². The van der Waals surface area contributed by atoms with Crippen molar-refractivity contribution in [1.29, 1.82) is 0 Å². The average Bonchev–Trinajstić information content (AvgIpc) is 1.83. The van der Waals surface area contributed by atoms with Crippen molar-refractivity contribution in [2.24, 2.45) is 5.41 Å². The minimum absolute atomic E-state index is 0.500. The van der Waals surface area contributed by atoms with Crippen molar-refractivity contribution < 1.29 is 9.90 Å². The first kappa shape index (κ1) is 14.5. The molecule has 0 aromatic heterocycles. The highest BCUT2D eigenvalue weighted by Gasteiger charge is 1.95. The topological polar surface area (TPSA) is 37.3 Å². The average molecular weight is 184 g/mol. The van der Waals surface area contributed by atoms with Gasteiger partial charge in [0.05, 0.1) is 0 Å². The van der Waals surface area contributed by atoms with Crippen molar-refractivity contribution in [3.63, 3.8) is 0 Å². The third-order valence-electron chi connectivity index (χ3n) is 0.542. The number of aliphatic carboxylic acids is 1. The minimum Gasteiger partial charge on any atom is -0.478 e. The van der Waals surface area contributed by atoms with Gasteiger partial charge in [-0.3, -0.25) is 0 Å². The van der Waals surface area contributed by atoms with E-state index < -0.39 is 5.97 Å². The van der Waals surface area contributed by atoms with E-state index in [0.717, 1.165) is 6.08 Å². The van der Waals surface area contributed by atoms with E-state index in [4.69, 9.17) is 5.11 Å². The van der Waals surface area contributed by atoms with E-state index in [0.29, 0.717) is 5.41 Å². The van der Waals surface area contributed by atoms with Gasteiger partial charge in [0.25, 0.3) is 0 Å². The first-order valence-electron chi connectivity index (χ1n) is 4.29. The van der Waals surface area contributed by atoms with E-state index in [9.17, 15) is 4.79 Å². The van der Waals surface area contributed by atoms with Crippen LogP contribution in [0.2, 0.25) is 0 Å². The summed E-state index contributed by atoms with van der Waals surface area (Å²) in [5, 5.41) is 8.02. The highest BCUT2D eigenvalue weighted by atomic mass is 16.4.